The number of anilines is 1. The van der Waals surface area contributed by atoms with Gasteiger partial charge in [-0.05, 0) is 30.4 Å². The molecule has 1 aromatic carbocycles. The van der Waals surface area contributed by atoms with E-state index >= 15 is 0 Å². The molecule has 2 N–H and O–H groups in total. The molecule has 1 rings (SSSR count). The van der Waals surface area contributed by atoms with Gasteiger partial charge in [-0.2, -0.15) is 30.2 Å². The molecule has 0 heterocycles. The van der Waals surface area contributed by atoms with Crippen LogP contribution in [0.4, 0.5) is 18.9 Å². The van der Waals surface area contributed by atoms with Crippen molar-refractivity contribution in [1.29, 1.82) is 5.26 Å². The van der Waals surface area contributed by atoms with Gasteiger partial charge in [-0.1, -0.05) is 0 Å². The molecule has 7 heteroatoms. The highest BCUT2D eigenvalue weighted by atomic mass is 32.2. The lowest BCUT2D eigenvalue weighted by atomic mass is 10.1. The minimum atomic E-state index is -4.53. The second-order valence-corrected chi connectivity index (χ2v) is 5.21. The first kappa shape index (κ1) is 16.7. The topological polar surface area (TPSA) is 56.0 Å². The standard InChI is InChI=1S/C13H15F3N2OS/c14-13(15,16)12-8-11(3-2-10(12)9-17)18-4-7-20-6-1-5-19/h2-3,8,18-19H,1,4-7H2. The van der Waals surface area contributed by atoms with E-state index in [2.05, 4.69) is 5.32 Å². The van der Waals surface area contributed by atoms with E-state index in [1.54, 1.807) is 17.8 Å². The lowest BCUT2D eigenvalue weighted by molar-refractivity contribution is -0.137. The number of hydrogen-bond acceptors (Lipinski definition) is 4. The molecule has 20 heavy (non-hydrogen) atoms. The van der Waals surface area contributed by atoms with E-state index in [9.17, 15) is 13.2 Å². The number of hydrogen-bond donors (Lipinski definition) is 2. The summed E-state index contributed by atoms with van der Waals surface area (Å²) in [5, 5.41) is 20.2. The zero-order chi connectivity index (χ0) is 15.0. The molecule has 0 saturated heterocycles. The van der Waals surface area contributed by atoms with Crippen molar-refractivity contribution >= 4 is 17.4 Å². The van der Waals surface area contributed by atoms with Gasteiger partial charge in [0.1, 0.15) is 0 Å². The van der Waals surface area contributed by atoms with Crippen molar-refractivity contribution in [3.8, 4) is 6.07 Å². The molecule has 3 nitrogen and oxygen atoms in total. The largest absolute Gasteiger partial charge is 0.417 e. The molecule has 110 valence electrons. The SMILES string of the molecule is N#Cc1ccc(NCCSCCCO)cc1C(F)(F)F. The summed E-state index contributed by atoms with van der Waals surface area (Å²) in [4.78, 5) is 0. The third kappa shape index (κ3) is 5.31. The Morgan fingerprint density at radius 3 is 2.65 bits per heavy atom. The van der Waals surface area contributed by atoms with Crippen molar-refractivity contribution < 1.29 is 18.3 Å². The third-order valence-electron chi connectivity index (χ3n) is 2.47. The van der Waals surface area contributed by atoms with Crippen LogP contribution in [0, 0.1) is 11.3 Å². The number of aliphatic hydroxyl groups is 1. The van der Waals surface area contributed by atoms with Crippen LogP contribution in [0.2, 0.25) is 0 Å². The summed E-state index contributed by atoms with van der Waals surface area (Å²) in [6, 6.07) is 5.13. The number of benzene rings is 1. The number of nitrogens with one attached hydrogen (secondary N) is 1. The van der Waals surface area contributed by atoms with Crippen LogP contribution in [0.3, 0.4) is 0 Å². The fourth-order valence-electron chi connectivity index (χ4n) is 1.52. The summed E-state index contributed by atoms with van der Waals surface area (Å²) >= 11 is 1.62. The van der Waals surface area contributed by atoms with E-state index in [-0.39, 0.29) is 12.2 Å². The van der Waals surface area contributed by atoms with Crippen molar-refractivity contribution in [2.24, 2.45) is 0 Å². The summed E-state index contributed by atoms with van der Waals surface area (Å²) in [5.74, 6) is 1.56. The van der Waals surface area contributed by atoms with Gasteiger partial charge in [0.25, 0.3) is 0 Å². The van der Waals surface area contributed by atoms with Crippen LogP contribution >= 0.6 is 11.8 Å². The van der Waals surface area contributed by atoms with Crippen LogP contribution < -0.4 is 5.32 Å². The Kier molecular flexibility index (Phi) is 6.68. The van der Waals surface area contributed by atoms with Gasteiger partial charge in [0.05, 0.1) is 17.2 Å². The van der Waals surface area contributed by atoms with E-state index in [1.165, 1.54) is 12.1 Å². The van der Waals surface area contributed by atoms with Crippen LogP contribution in [0.1, 0.15) is 17.5 Å². The van der Waals surface area contributed by atoms with E-state index in [1.807, 2.05) is 0 Å². The van der Waals surface area contributed by atoms with Gasteiger partial charge in [0.15, 0.2) is 0 Å². The number of aliphatic hydroxyl groups excluding tert-OH is 1. The van der Waals surface area contributed by atoms with E-state index in [0.29, 0.717) is 18.7 Å². The van der Waals surface area contributed by atoms with Gasteiger partial charge < -0.3 is 10.4 Å². The average Bonchev–Trinajstić information content (AvgIpc) is 2.41. The van der Waals surface area contributed by atoms with Crippen molar-refractivity contribution in [3.63, 3.8) is 0 Å². The van der Waals surface area contributed by atoms with E-state index in [0.717, 1.165) is 17.6 Å². The number of rotatable bonds is 7. The second kappa shape index (κ2) is 8.02. The first-order chi connectivity index (χ1) is 9.49. The maximum Gasteiger partial charge on any atom is 0.417 e. The molecular weight excluding hydrogens is 289 g/mol. The molecule has 0 saturated carbocycles. The second-order valence-electron chi connectivity index (χ2n) is 3.99. The summed E-state index contributed by atoms with van der Waals surface area (Å²) in [5.41, 5.74) is -0.947. The Hall–Kier alpha value is -1.39. The van der Waals surface area contributed by atoms with E-state index in [4.69, 9.17) is 10.4 Å². The molecular formula is C13H15F3N2OS. The van der Waals surface area contributed by atoms with E-state index < -0.39 is 11.7 Å². The van der Waals surface area contributed by atoms with Gasteiger partial charge in [-0.3, -0.25) is 0 Å². The highest BCUT2D eigenvalue weighted by molar-refractivity contribution is 7.99. The predicted octanol–water partition coefficient (Wildman–Crippen LogP) is 3.10. The highest BCUT2D eigenvalue weighted by Gasteiger charge is 2.33. The zero-order valence-corrected chi connectivity index (χ0v) is 11.5. The number of halogens is 3. The van der Waals surface area contributed by atoms with Crippen LogP contribution in [0.25, 0.3) is 0 Å². The van der Waals surface area contributed by atoms with Crippen LogP contribution in [-0.2, 0) is 6.18 Å². The molecule has 0 aliphatic rings. The smallest absolute Gasteiger partial charge is 0.396 e. The Morgan fingerprint density at radius 2 is 2.05 bits per heavy atom. The monoisotopic (exact) mass is 304 g/mol. The summed E-state index contributed by atoms with van der Waals surface area (Å²) in [7, 11) is 0. The molecule has 0 aliphatic heterocycles. The first-order valence-electron chi connectivity index (χ1n) is 6.03. The molecule has 0 atom stereocenters. The maximum absolute atomic E-state index is 12.7. The quantitative estimate of drug-likeness (QED) is 0.760. The number of alkyl halides is 3. The Morgan fingerprint density at radius 1 is 1.30 bits per heavy atom. The molecule has 0 fully saturated rings. The van der Waals surface area contributed by atoms with Gasteiger partial charge in [0.2, 0.25) is 0 Å². The van der Waals surface area contributed by atoms with Crippen LogP contribution in [0.5, 0.6) is 0 Å². The van der Waals surface area contributed by atoms with Gasteiger partial charge in [-0.15, -0.1) is 0 Å². The van der Waals surface area contributed by atoms with Gasteiger partial charge >= 0.3 is 6.18 Å². The lowest BCUT2D eigenvalue weighted by Crippen LogP contribution is -2.10. The molecule has 0 radical (unpaired) electrons. The molecule has 0 amide bonds. The summed E-state index contributed by atoms with van der Waals surface area (Å²) < 4.78 is 38.2. The van der Waals surface area contributed by atoms with Crippen molar-refractivity contribution in [3.05, 3.63) is 29.3 Å². The number of thioether (sulfide) groups is 1. The predicted molar refractivity (Wildman–Crippen MR) is 73.7 cm³/mol. The summed E-state index contributed by atoms with van der Waals surface area (Å²) in [6.45, 7) is 0.671. The number of nitrogens with zero attached hydrogens (tertiary/aromatic N) is 1. The first-order valence-corrected chi connectivity index (χ1v) is 7.18. The molecule has 0 unspecified atom stereocenters. The Bertz CT molecular complexity index is 472. The normalized spacial score (nSPS) is 11.2. The molecule has 0 aliphatic carbocycles. The highest BCUT2D eigenvalue weighted by Crippen LogP contribution is 2.33. The fraction of sp³-hybridized carbons (Fsp3) is 0.462. The minimum absolute atomic E-state index is 0.144. The van der Waals surface area contributed by atoms with Crippen molar-refractivity contribution in [1.82, 2.24) is 0 Å². The Labute approximate surface area is 119 Å². The summed E-state index contributed by atoms with van der Waals surface area (Å²) in [6.07, 6.45) is -3.82. The van der Waals surface area contributed by atoms with Crippen LogP contribution in [-0.4, -0.2) is 29.8 Å². The fourth-order valence-corrected chi connectivity index (χ4v) is 2.31. The lowest BCUT2D eigenvalue weighted by Gasteiger charge is -2.12. The minimum Gasteiger partial charge on any atom is -0.396 e. The maximum atomic E-state index is 12.7. The third-order valence-corrected chi connectivity index (χ3v) is 3.54. The molecule has 0 spiro atoms. The average molecular weight is 304 g/mol. The molecule has 0 bridgehead atoms. The molecule has 0 aromatic heterocycles. The van der Waals surface area contributed by atoms with Crippen molar-refractivity contribution in [2.45, 2.75) is 12.6 Å². The molecule has 1 aromatic rings. The van der Waals surface area contributed by atoms with Crippen LogP contribution in [0.15, 0.2) is 18.2 Å². The number of nitriles is 1. The van der Waals surface area contributed by atoms with Gasteiger partial charge in [-0.25, -0.2) is 0 Å². The zero-order valence-electron chi connectivity index (χ0n) is 10.7. The van der Waals surface area contributed by atoms with Gasteiger partial charge in [0, 0.05) is 24.6 Å². The van der Waals surface area contributed by atoms with Crippen molar-refractivity contribution in [2.75, 3.05) is 30.0 Å². The Balaban J connectivity index is 2.58.